The minimum absolute atomic E-state index is 0.227. The van der Waals surface area contributed by atoms with Crippen LogP contribution in [-0.2, 0) is 27.8 Å². The van der Waals surface area contributed by atoms with Crippen molar-refractivity contribution in [3.63, 3.8) is 0 Å². The molecule has 8 heteroatoms. The van der Waals surface area contributed by atoms with Crippen molar-refractivity contribution in [3.8, 4) is 16.9 Å². The van der Waals surface area contributed by atoms with Crippen LogP contribution in [0.25, 0.3) is 22.0 Å². The molecule has 0 amide bonds. The summed E-state index contributed by atoms with van der Waals surface area (Å²) >= 11 is 0. The summed E-state index contributed by atoms with van der Waals surface area (Å²) < 4.78 is 35.3. The summed E-state index contributed by atoms with van der Waals surface area (Å²) in [6, 6.07) is 7.97. The van der Waals surface area contributed by atoms with Crippen molar-refractivity contribution >= 4 is 32.6 Å². The van der Waals surface area contributed by atoms with Crippen LogP contribution in [0.1, 0.15) is 43.2 Å². The lowest BCUT2D eigenvalue weighted by Gasteiger charge is -2.33. The number of carbonyl (C=O) groups is 1. The first-order valence-corrected chi connectivity index (χ1v) is 13.2. The number of hydrogen-bond acceptors (Lipinski definition) is 4. The lowest BCUT2D eigenvalue weighted by molar-refractivity contribution is -0.136. The molecule has 34 heavy (non-hydrogen) atoms. The summed E-state index contributed by atoms with van der Waals surface area (Å²) in [5, 5.41) is 10.7. The molecule has 4 rings (SSSR count). The van der Waals surface area contributed by atoms with Gasteiger partial charge in [0.15, 0.2) is 0 Å². The van der Waals surface area contributed by atoms with Crippen LogP contribution in [0.2, 0.25) is 0 Å². The topological polar surface area (TPSA) is 88.8 Å². The Hall–Kier alpha value is -3.00. The maximum Gasteiger partial charge on any atom is 0.307 e. The van der Waals surface area contributed by atoms with E-state index < -0.39 is 21.6 Å². The first-order chi connectivity index (χ1) is 15.7. The van der Waals surface area contributed by atoms with Crippen molar-refractivity contribution in [2.24, 2.45) is 0 Å². The summed E-state index contributed by atoms with van der Waals surface area (Å²) in [6.07, 6.45) is 0.971. The van der Waals surface area contributed by atoms with Crippen LogP contribution in [0.15, 0.2) is 24.3 Å². The molecule has 0 spiro atoms. The lowest BCUT2D eigenvalue weighted by Crippen LogP contribution is -2.37. The van der Waals surface area contributed by atoms with Crippen molar-refractivity contribution in [3.05, 3.63) is 46.6 Å². The van der Waals surface area contributed by atoms with Crippen LogP contribution in [0.5, 0.6) is 5.75 Å². The molecular formula is C26H32N2O5S. The van der Waals surface area contributed by atoms with E-state index in [4.69, 9.17) is 4.74 Å². The SMILES string of the molecule is Cc1ccc(-c2c(CC(=O)O)c(C)c3c4c2cc(C)n4CCN3S(C)(=O)=O)c(OC(C)(C)C)c1. The third-order valence-electron chi connectivity index (χ3n) is 6.23. The normalized spacial score (nSPS) is 14.0. The molecule has 0 atom stereocenters. The van der Waals surface area contributed by atoms with Gasteiger partial charge in [-0.25, -0.2) is 8.42 Å². The zero-order valence-corrected chi connectivity index (χ0v) is 21.6. The van der Waals surface area contributed by atoms with E-state index in [9.17, 15) is 18.3 Å². The predicted molar refractivity (Wildman–Crippen MR) is 135 cm³/mol. The number of sulfonamides is 1. The van der Waals surface area contributed by atoms with E-state index in [2.05, 4.69) is 4.57 Å². The standard InChI is InChI=1S/C26H32N2O5S/c1-15-8-9-18(21(12-15)33-26(4,5)6)23-19(14-22(29)30)17(3)24-25-20(23)13-16(2)27(25)10-11-28(24)34(7,31)32/h8-9,12-13H,10-11,14H2,1-7H3,(H,29,30). The number of rotatable bonds is 5. The number of carboxylic acid groups (broad SMARTS) is 1. The molecular weight excluding hydrogens is 452 g/mol. The van der Waals surface area contributed by atoms with E-state index in [1.807, 2.05) is 65.8 Å². The fourth-order valence-corrected chi connectivity index (χ4v) is 5.92. The maximum atomic E-state index is 12.7. The van der Waals surface area contributed by atoms with Gasteiger partial charge in [0, 0.05) is 23.2 Å². The molecule has 2 aromatic carbocycles. The number of carboxylic acids is 1. The Bertz CT molecular complexity index is 1430. The predicted octanol–water partition coefficient (Wildman–Crippen LogP) is 4.82. The van der Waals surface area contributed by atoms with Gasteiger partial charge in [0.25, 0.3) is 0 Å². The number of hydrogen-bond donors (Lipinski definition) is 1. The monoisotopic (exact) mass is 484 g/mol. The molecule has 3 aromatic rings. The van der Waals surface area contributed by atoms with Crippen molar-refractivity contribution in [1.29, 1.82) is 0 Å². The van der Waals surface area contributed by atoms with E-state index >= 15 is 0 Å². The van der Waals surface area contributed by atoms with Gasteiger partial charge >= 0.3 is 5.97 Å². The van der Waals surface area contributed by atoms with E-state index in [1.165, 1.54) is 10.6 Å². The largest absolute Gasteiger partial charge is 0.487 e. The highest BCUT2D eigenvalue weighted by Crippen LogP contribution is 2.47. The van der Waals surface area contributed by atoms with Crippen LogP contribution in [0.3, 0.4) is 0 Å². The van der Waals surface area contributed by atoms with Gasteiger partial charge in [0.2, 0.25) is 10.0 Å². The fraction of sp³-hybridized carbons (Fsp3) is 0.423. The average molecular weight is 485 g/mol. The highest BCUT2D eigenvalue weighted by atomic mass is 32.2. The van der Waals surface area contributed by atoms with Gasteiger partial charge in [0.1, 0.15) is 11.4 Å². The average Bonchev–Trinajstić information content (AvgIpc) is 3.01. The van der Waals surface area contributed by atoms with Crippen molar-refractivity contribution in [1.82, 2.24) is 4.57 Å². The Balaban J connectivity index is 2.18. The van der Waals surface area contributed by atoms with Crippen LogP contribution in [0.4, 0.5) is 5.69 Å². The van der Waals surface area contributed by atoms with E-state index in [-0.39, 0.29) is 6.42 Å². The van der Waals surface area contributed by atoms with Gasteiger partial charge in [-0.15, -0.1) is 0 Å². The van der Waals surface area contributed by atoms with Crippen molar-refractivity contribution in [2.75, 3.05) is 17.1 Å². The minimum atomic E-state index is -3.54. The molecule has 2 heterocycles. The summed E-state index contributed by atoms with van der Waals surface area (Å²) in [6.45, 7) is 12.6. The quantitative estimate of drug-likeness (QED) is 0.561. The molecule has 0 aliphatic carbocycles. The van der Waals surface area contributed by atoms with Gasteiger partial charge in [0.05, 0.1) is 30.4 Å². The third kappa shape index (κ3) is 4.15. The number of benzene rings is 2. The summed E-state index contributed by atoms with van der Waals surface area (Å²) in [5.74, 6) is -0.297. The maximum absolute atomic E-state index is 12.7. The molecule has 0 radical (unpaired) electrons. The van der Waals surface area contributed by atoms with Crippen LogP contribution < -0.4 is 9.04 Å². The zero-order valence-electron chi connectivity index (χ0n) is 20.8. The lowest BCUT2D eigenvalue weighted by atomic mass is 9.88. The molecule has 0 bridgehead atoms. The number of anilines is 1. The van der Waals surface area contributed by atoms with E-state index in [0.717, 1.165) is 33.3 Å². The number of ether oxygens (including phenoxy) is 1. The Morgan fingerprint density at radius 1 is 1.12 bits per heavy atom. The first kappa shape index (κ1) is 24.1. The van der Waals surface area contributed by atoms with E-state index in [0.29, 0.717) is 35.7 Å². The Morgan fingerprint density at radius 2 is 1.79 bits per heavy atom. The number of nitrogens with zero attached hydrogens (tertiary/aromatic N) is 2. The fourth-order valence-electron chi connectivity index (χ4n) is 4.95. The molecule has 0 unspecified atom stereocenters. The third-order valence-corrected chi connectivity index (χ3v) is 7.40. The molecule has 1 N–H and O–H groups in total. The summed E-state index contributed by atoms with van der Waals surface area (Å²) in [7, 11) is -3.54. The molecule has 1 aliphatic rings. The molecule has 0 saturated carbocycles. The smallest absolute Gasteiger partial charge is 0.307 e. The van der Waals surface area contributed by atoms with Gasteiger partial charge in [-0.3, -0.25) is 9.10 Å². The van der Waals surface area contributed by atoms with Gasteiger partial charge in [-0.05, 0) is 75.9 Å². The molecule has 1 aromatic heterocycles. The Morgan fingerprint density at radius 3 is 2.38 bits per heavy atom. The molecule has 7 nitrogen and oxygen atoms in total. The Kier molecular flexibility index (Phi) is 5.71. The van der Waals surface area contributed by atoms with Gasteiger partial charge in [-0.1, -0.05) is 12.1 Å². The number of aryl methyl sites for hydroxylation is 2. The second-order valence-electron chi connectivity index (χ2n) is 10.1. The number of aliphatic carboxylic acids is 1. The molecule has 0 saturated heterocycles. The van der Waals surface area contributed by atoms with Crippen LogP contribution >= 0.6 is 0 Å². The Labute approximate surface area is 201 Å². The zero-order chi connectivity index (χ0) is 25.2. The minimum Gasteiger partial charge on any atom is -0.487 e. The highest BCUT2D eigenvalue weighted by molar-refractivity contribution is 7.92. The van der Waals surface area contributed by atoms with Crippen molar-refractivity contribution in [2.45, 2.75) is 60.1 Å². The van der Waals surface area contributed by atoms with Crippen LogP contribution in [-0.4, -0.2) is 42.5 Å². The van der Waals surface area contributed by atoms with Crippen LogP contribution in [0, 0.1) is 20.8 Å². The molecule has 1 aliphatic heterocycles. The van der Waals surface area contributed by atoms with Gasteiger partial charge in [-0.2, -0.15) is 0 Å². The second kappa shape index (κ2) is 8.05. The second-order valence-corrected chi connectivity index (χ2v) is 12.1. The molecule has 182 valence electrons. The van der Waals surface area contributed by atoms with Crippen molar-refractivity contribution < 1.29 is 23.1 Å². The first-order valence-electron chi connectivity index (χ1n) is 11.3. The number of aromatic nitrogens is 1. The van der Waals surface area contributed by atoms with Gasteiger partial charge < -0.3 is 14.4 Å². The molecule has 0 fully saturated rings. The summed E-state index contributed by atoms with van der Waals surface area (Å²) in [5.41, 5.74) is 5.83. The summed E-state index contributed by atoms with van der Waals surface area (Å²) in [4.78, 5) is 12.0. The van der Waals surface area contributed by atoms with E-state index in [1.54, 1.807) is 0 Å². The highest BCUT2D eigenvalue weighted by Gasteiger charge is 2.33.